The molecule has 1 saturated heterocycles. The zero-order valence-electron chi connectivity index (χ0n) is 10.1. The first kappa shape index (κ1) is 11.0. The van der Waals surface area contributed by atoms with Crippen molar-refractivity contribution < 1.29 is 0 Å². The lowest BCUT2D eigenvalue weighted by Crippen LogP contribution is -2.35. The maximum absolute atomic E-state index is 5.82. The lowest BCUT2D eigenvalue weighted by molar-refractivity contribution is 0.295. The summed E-state index contributed by atoms with van der Waals surface area (Å²) < 4.78 is 0. The Morgan fingerprint density at radius 3 is 2.76 bits per heavy atom. The highest BCUT2D eigenvalue weighted by molar-refractivity contribution is 5.50. The van der Waals surface area contributed by atoms with Gasteiger partial charge in [0.1, 0.15) is 0 Å². The van der Waals surface area contributed by atoms with Gasteiger partial charge in [-0.15, -0.1) is 0 Å². The number of nitrogens with one attached hydrogen (secondary N) is 2. The molecule has 0 atom stereocenters. The van der Waals surface area contributed by atoms with E-state index in [2.05, 4.69) is 28.8 Å². The van der Waals surface area contributed by atoms with Crippen LogP contribution in [0.1, 0.15) is 24.0 Å². The minimum Gasteiger partial charge on any atom is -0.382 e. The molecule has 4 nitrogen and oxygen atoms in total. The number of nitrogens with zero attached hydrogens (tertiary/aromatic N) is 1. The van der Waals surface area contributed by atoms with E-state index in [1.54, 1.807) is 0 Å². The van der Waals surface area contributed by atoms with Crippen LogP contribution in [0.5, 0.6) is 0 Å². The van der Waals surface area contributed by atoms with Crippen LogP contribution in [0.15, 0.2) is 18.2 Å². The molecule has 0 bridgehead atoms. The fourth-order valence-corrected chi connectivity index (χ4v) is 2.71. The molecule has 0 aliphatic carbocycles. The van der Waals surface area contributed by atoms with Crippen LogP contribution in [0.4, 0.5) is 5.69 Å². The van der Waals surface area contributed by atoms with Crippen LogP contribution in [-0.4, -0.2) is 24.1 Å². The first-order chi connectivity index (χ1) is 8.31. The summed E-state index contributed by atoms with van der Waals surface area (Å²) in [6.45, 7) is 4.00. The number of fused-ring (bicyclic) bond motifs is 1. The summed E-state index contributed by atoms with van der Waals surface area (Å²) in [7, 11) is 0. The van der Waals surface area contributed by atoms with Gasteiger partial charge in [0.25, 0.3) is 0 Å². The second-order valence-electron chi connectivity index (χ2n) is 5.06. The van der Waals surface area contributed by atoms with Crippen LogP contribution < -0.4 is 16.5 Å². The molecule has 0 spiro atoms. The molecule has 0 aromatic heterocycles. The molecule has 0 unspecified atom stereocenters. The fourth-order valence-electron chi connectivity index (χ4n) is 2.71. The van der Waals surface area contributed by atoms with Gasteiger partial charge < -0.3 is 10.6 Å². The fraction of sp³-hybridized carbons (Fsp3) is 0.538. The third-order valence-electron chi connectivity index (χ3n) is 3.66. The van der Waals surface area contributed by atoms with E-state index in [9.17, 15) is 0 Å². The topological polar surface area (TPSA) is 53.3 Å². The Morgan fingerprint density at radius 1 is 1.18 bits per heavy atom. The molecule has 2 heterocycles. The third kappa shape index (κ3) is 2.44. The van der Waals surface area contributed by atoms with Crippen molar-refractivity contribution in [3.63, 3.8) is 0 Å². The molecule has 0 amide bonds. The van der Waals surface area contributed by atoms with E-state index in [-0.39, 0.29) is 0 Å². The summed E-state index contributed by atoms with van der Waals surface area (Å²) in [6, 6.07) is 7.25. The monoisotopic (exact) mass is 232 g/mol. The Kier molecular flexibility index (Phi) is 3.01. The van der Waals surface area contributed by atoms with Gasteiger partial charge in [0, 0.05) is 24.8 Å². The van der Waals surface area contributed by atoms with Gasteiger partial charge in [-0.1, -0.05) is 6.07 Å². The van der Waals surface area contributed by atoms with Gasteiger partial charge in [-0.05, 0) is 49.2 Å². The highest BCUT2D eigenvalue weighted by atomic mass is 15.4. The number of hydrogen-bond acceptors (Lipinski definition) is 4. The predicted molar refractivity (Wildman–Crippen MR) is 69.4 cm³/mol. The average Bonchev–Trinajstić information content (AvgIpc) is 2.70. The standard InChI is InChI=1S/C13H20N4/c14-17-8-10-1-2-13(7-11(10)9-17)16-12-3-5-15-6-4-12/h1-2,7,12,15-16H,3-6,8-9,14H2. The lowest BCUT2D eigenvalue weighted by atomic mass is 10.1. The molecule has 3 rings (SSSR count). The van der Waals surface area contributed by atoms with Gasteiger partial charge in [0.2, 0.25) is 0 Å². The first-order valence-corrected chi connectivity index (χ1v) is 6.40. The van der Waals surface area contributed by atoms with Crippen molar-refractivity contribution in [2.24, 2.45) is 5.84 Å². The molecular weight excluding hydrogens is 212 g/mol. The van der Waals surface area contributed by atoms with Crippen LogP contribution in [0, 0.1) is 0 Å². The Hall–Kier alpha value is -1.10. The Labute approximate surface area is 102 Å². The van der Waals surface area contributed by atoms with E-state index in [4.69, 9.17) is 5.84 Å². The van der Waals surface area contributed by atoms with Crippen LogP contribution in [0.3, 0.4) is 0 Å². The maximum atomic E-state index is 5.82. The lowest BCUT2D eigenvalue weighted by Gasteiger charge is -2.24. The number of hydrogen-bond donors (Lipinski definition) is 3. The molecule has 0 radical (unpaired) electrons. The van der Waals surface area contributed by atoms with Gasteiger partial charge in [-0.2, -0.15) is 0 Å². The summed E-state index contributed by atoms with van der Waals surface area (Å²) >= 11 is 0. The smallest absolute Gasteiger partial charge is 0.0387 e. The quantitative estimate of drug-likeness (QED) is 0.667. The van der Waals surface area contributed by atoms with Crippen LogP contribution in [-0.2, 0) is 13.1 Å². The number of piperidine rings is 1. The van der Waals surface area contributed by atoms with E-state index in [0.29, 0.717) is 6.04 Å². The van der Waals surface area contributed by atoms with Crippen molar-refractivity contribution in [2.45, 2.75) is 32.0 Å². The molecule has 92 valence electrons. The second kappa shape index (κ2) is 4.64. The minimum atomic E-state index is 0.615. The normalized spacial score (nSPS) is 21.5. The molecule has 1 fully saturated rings. The van der Waals surface area contributed by atoms with Gasteiger partial charge in [-0.3, -0.25) is 5.84 Å². The Balaban J connectivity index is 1.69. The highest BCUT2D eigenvalue weighted by Crippen LogP contribution is 2.24. The number of benzene rings is 1. The maximum Gasteiger partial charge on any atom is 0.0387 e. The Morgan fingerprint density at radius 2 is 1.94 bits per heavy atom. The summed E-state index contributed by atoms with van der Waals surface area (Å²) in [6.07, 6.45) is 2.42. The highest BCUT2D eigenvalue weighted by Gasteiger charge is 2.17. The van der Waals surface area contributed by atoms with Crippen molar-refractivity contribution in [3.05, 3.63) is 29.3 Å². The van der Waals surface area contributed by atoms with Crippen LogP contribution in [0.25, 0.3) is 0 Å². The molecule has 1 aromatic rings. The molecule has 1 aromatic carbocycles. The SMILES string of the molecule is NN1Cc2ccc(NC3CCNCC3)cc2C1. The predicted octanol–water partition coefficient (Wildman–Crippen LogP) is 1.04. The van der Waals surface area contributed by atoms with E-state index in [0.717, 1.165) is 26.2 Å². The molecular formula is C13H20N4. The molecule has 4 heteroatoms. The second-order valence-corrected chi connectivity index (χ2v) is 5.06. The molecule has 2 aliphatic heterocycles. The number of anilines is 1. The molecule has 0 saturated carbocycles. The van der Waals surface area contributed by atoms with Gasteiger partial charge in [-0.25, -0.2) is 5.01 Å². The average molecular weight is 232 g/mol. The van der Waals surface area contributed by atoms with Crippen molar-refractivity contribution in [1.29, 1.82) is 0 Å². The summed E-state index contributed by atoms with van der Waals surface area (Å²) in [5.41, 5.74) is 3.97. The number of nitrogens with two attached hydrogens (primary N) is 1. The molecule has 2 aliphatic rings. The van der Waals surface area contributed by atoms with Gasteiger partial charge in [0.05, 0.1) is 0 Å². The number of rotatable bonds is 2. The van der Waals surface area contributed by atoms with E-state index >= 15 is 0 Å². The van der Waals surface area contributed by atoms with Crippen molar-refractivity contribution in [3.8, 4) is 0 Å². The summed E-state index contributed by atoms with van der Waals surface area (Å²) in [5, 5.41) is 8.87. The van der Waals surface area contributed by atoms with Gasteiger partial charge in [0.15, 0.2) is 0 Å². The number of hydrazine groups is 1. The summed E-state index contributed by atoms with van der Waals surface area (Å²) in [5.74, 6) is 5.82. The van der Waals surface area contributed by atoms with Crippen LogP contribution >= 0.6 is 0 Å². The van der Waals surface area contributed by atoms with Crippen molar-refractivity contribution in [1.82, 2.24) is 10.3 Å². The molecule has 17 heavy (non-hydrogen) atoms. The third-order valence-corrected chi connectivity index (χ3v) is 3.66. The zero-order chi connectivity index (χ0) is 11.7. The van der Waals surface area contributed by atoms with E-state index in [1.807, 2.05) is 5.01 Å². The molecule has 4 N–H and O–H groups in total. The van der Waals surface area contributed by atoms with Gasteiger partial charge >= 0.3 is 0 Å². The van der Waals surface area contributed by atoms with Crippen molar-refractivity contribution in [2.75, 3.05) is 18.4 Å². The largest absolute Gasteiger partial charge is 0.382 e. The van der Waals surface area contributed by atoms with Crippen LogP contribution in [0.2, 0.25) is 0 Å². The van der Waals surface area contributed by atoms with E-state index in [1.165, 1.54) is 29.7 Å². The van der Waals surface area contributed by atoms with E-state index < -0.39 is 0 Å². The van der Waals surface area contributed by atoms with Crippen molar-refractivity contribution >= 4 is 5.69 Å². The Bertz CT molecular complexity index is 398. The minimum absolute atomic E-state index is 0.615. The zero-order valence-corrected chi connectivity index (χ0v) is 10.1. The summed E-state index contributed by atoms with van der Waals surface area (Å²) in [4.78, 5) is 0. The first-order valence-electron chi connectivity index (χ1n) is 6.40.